The molecule has 0 radical (unpaired) electrons. The molecule has 7 heteroatoms. The molecule has 0 amide bonds. The van der Waals surface area contributed by atoms with E-state index in [1.54, 1.807) is 4.68 Å². The van der Waals surface area contributed by atoms with Crippen LogP contribution < -0.4 is 5.32 Å². The number of nitrogens with zero attached hydrogens (tertiary/aromatic N) is 2. The van der Waals surface area contributed by atoms with Crippen LogP contribution in [0.3, 0.4) is 0 Å². The van der Waals surface area contributed by atoms with Crippen LogP contribution in [-0.2, 0) is 29.9 Å². The Morgan fingerprint density at radius 1 is 1.56 bits per heavy atom. The summed E-state index contributed by atoms with van der Waals surface area (Å²) in [7, 11) is -0.983. The number of nitrogens with one attached hydrogen (secondary N) is 1. The minimum Gasteiger partial charge on any atom is -0.307 e. The number of aromatic nitrogens is 2. The molecule has 0 bridgehead atoms. The Morgan fingerprint density at radius 3 is 2.78 bits per heavy atom. The van der Waals surface area contributed by atoms with E-state index in [0.717, 1.165) is 17.8 Å². The van der Waals surface area contributed by atoms with Crippen LogP contribution in [-0.4, -0.2) is 35.7 Å². The van der Waals surface area contributed by atoms with Gasteiger partial charge in [0.05, 0.1) is 27.9 Å². The van der Waals surface area contributed by atoms with Crippen molar-refractivity contribution in [1.82, 2.24) is 15.1 Å². The number of sulfone groups is 1. The van der Waals surface area contributed by atoms with E-state index in [2.05, 4.69) is 10.4 Å². The minimum absolute atomic E-state index is 0.0334. The van der Waals surface area contributed by atoms with Gasteiger partial charge in [0.15, 0.2) is 9.84 Å². The average Bonchev–Trinajstić information content (AvgIpc) is 2.77. The van der Waals surface area contributed by atoms with E-state index in [0.29, 0.717) is 18.0 Å². The summed E-state index contributed by atoms with van der Waals surface area (Å²) in [5, 5.41) is 8.27. The SMILES string of the molecule is CCc1nn(C)c(CNC2CCS(=O)(=O)C2)c1Cl. The number of halogens is 1. The third kappa shape index (κ3) is 2.87. The third-order valence-electron chi connectivity index (χ3n) is 3.29. The zero-order chi connectivity index (χ0) is 13.3. The van der Waals surface area contributed by atoms with E-state index < -0.39 is 9.84 Å². The summed E-state index contributed by atoms with van der Waals surface area (Å²) < 4.78 is 24.5. The maximum atomic E-state index is 11.4. The normalized spacial score (nSPS) is 22.5. The van der Waals surface area contributed by atoms with Gasteiger partial charge in [0.1, 0.15) is 0 Å². The van der Waals surface area contributed by atoms with Crippen LogP contribution in [0.2, 0.25) is 5.02 Å². The molecule has 1 N–H and O–H groups in total. The van der Waals surface area contributed by atoms with Crippen molar-refractivity contribution in [1.29, 1.82) is 0 Å². The molecular formula is C11H18ClN3O2S. The molecule has 102 valence electrons. The highest BCUT2D eigenvalue weighted by Crippen LogP contribution is 2.21. The van der Waals surface area contributed by atoms with Crippen LogP contribution in [0.25, 0.3) is 0 Å². The summed E-state index contributed by atoms with van der Waals surface area (Å²) in [6.45, 7) is 2.57. The maximum Gasteiger partial charge on any atom is 0.151 e. The topological polar surface area (TPSA) is 64.0 Å². The van der Waals surface area contributed by atoms with Crippen molar-refractivity contribution in [2.24, 2.45) is 7.05 Å². The summed E-state index contributed by atoms with van der Waals surface area (Å²) in [6, 6.07) is 0.0334. The van der Waals surface area contributed by atoms with Crippen LogP contribution in [0.1, 0.15) is 24.7 Å². The van der Waals surface area contributed by atoms with Crippen LogP contribution in [0, 0.1) is 0 Å². The molecule has 1 unspecified atom stereocenters. The average molecular weight is 292 g/mol. The van der Waals surface area contributed by atoms with Crippen molar-refractivity contribution in [3.63, 3.8) is 0 Å². The molecule has 1 aromatic rings. The Balaban J connectivity index is 2.01. The molecule has 1 fully saturated rings. The van der Waals surface area contributed by atoms with Gasteiger partial charge in [-0.05, 0) is 12.8 Å². The van der Waals surface area contributed by atoms with Crippen molar-refractivity contribution < 1.29 is 8.42 Å². The number of aryl methyl sites for hydroxylation is 2. The molecule has 2 rings (SSSR count). The first-order valence-corrected chi connectivity index (χ1v) is 8.27. The lowest BCUT2D eigenvalue weighted by Gasteiger charge is -2.10. The summed E-state index contributed by atoms with van der Waals surface area (Å²) >= 11 is 6.23. The monoisotopic (exact) mass is 291 g/mol. The predicted octanol–water partition coefficient (Wildman–Crippen LogP) is 0.913. The van der Waals surface area contributed by atoms with Gasteiger partial charge in [-0.1, -0.05) is 18.5 Å². The van der Waals surface area contributed by atoms with Crippen LogP contribution in [0.15, 0.2) is 0 Å². The largest absolute Gasteiger partial charge is 0.307 e. The van der Waals surface area contributed by atoms with Crippen molar-refractivity contribution in [3.8, 4) is 0 Å². The summed E-state index contributed by atoms with van der Waals surface area (Å²) in [6.07, 6.45) is 1.48. The number of hydrogen-bond donors (Lipinski definition) is 1. The van der Waals surface area contributed by atoms with Gasteiger partial charge in [0, 0.05) is 19.6 Å². The molecule has 0 aliphatic carbocycles. The van der Waals surface area contributed by atoms with Gasteiger partial charge < -0.3 is 5.32 Å². The third-order valence-corrected chi connectivity index (χ3v) is 5.50. The number of hydrogen-bond acceptors (Lipinski definition) is 4. The van der Waals surface area contributed by atoms with Crippen molar-refractivity contribution >= 4 is 21.4 Å². The molecule has 0 aromatic carbocycles. The predicted molar refractivity (Wildman–Crippen MR) is 71.5 cm³/mol. The van der Waals surface area contributed by atoms with Crippen LogP contribution in [0.4, 0.5) is 0 Å². The minimum atomic E-state index is -2.84. The second-order valence-corrected chi connectivity index (χ2v) is 7.27. The Bertz CT molecular complexity index is 539. The lowest BCUT2D eigenvalue weighted by molar-refractivity contribution is 0.533. The Kier molecular flexibility index (Phi) is 3.99. The molecule has 18 heavy (non-hydrogen) atoms. The molecule has 5 nitrogen and oxygen atoms in total. The Hall–Kier alpha value is -0.590. The van der Waals surface area contributed by atoms with Crippen molar-refractivity contribution in [3.05, 3.63) is 16.4 Å². The lowest BCUT2D eigenvalue weighted by atomic mass is 10.2. The molecule has 0 spiro atoms. The molecule has 1 aliphatic heterocycles. The smallest absolute Gasteiger partial charge is 0.151 e. The van der Waals surface area contributed by atoms with E-state index in [1.807, 2.05) is 14.0 Å². The van der Waals surface area contributed by atoms with Gasteiger partial charge in [-0.3, -0.25) is 4.68 Å². The standard InChI is InChI=1S/C11H18ClN3O2S/c1-3-9-11(12)10(15(2)14-9)6-13-8-4-5-18(16,17)7-8/h8,13H,3-7H2,1-2H3. The van der Waals surface area contributed by atoms with Crippen LogP contribution >= 0.6 is 11.6 Å². The fraction of sp³-hybridized carbons (Fsp3) is 0.727. The van der Waals surface area contributed by atoms with Crippen LogP contribution in [0.5, 0.6) is 0 Å². The lowest BCUT2D eigenvalue weighted by Crippen LogP contribution is -2.30. The Morgan fingerprint density at radius 2 is 2.28 bits per heavy atom. The first-order chi connectivity index (χ1) is 8.43. The van der Waals surface area contributed by atoms with Gasteiger partial charge in [0.25, 0.3) is 0 Å². The highest BCUT2D eigenvalue weighted by atomic mass is 35.5. The molecule has 0 saturated carbocycles. The van der Waals surface area contributed by atoms with Crippen molar-refractivity contribution in [2.45, 2.75) is 32.4 Å². The molecule has 1 aliphatic rings. The zero-order valence-corrected chi connectivity index (χ0v) is 12.2. The highest BCUT2D eigenvalue weighted by molar-refractivity contribution is 7.91. The van der Waals surface area contributed by atoms with Gasteiger partial charge in [-0.25, -0.2) is 8.42 Å². The van der Waals surface area contributed by atoms with E-state index in [4.69, 9.17) is 11.6 Å². The molecule has 1 aromatic heterocycles. The fourth-order valence-corrected chi connectivity index (χ4v) is 4.28. The van der Waals surface area contributed by atoms with Crippen molar-refractivity contribution in [2.75, 3.05) is 11.5 Å². The maximum absolute atomic E-state index is 11.4. The first kappa shape index (κ1) is 13.8. The van der Waals surface area contributed by atoms with Gasteiger partial charge in [-0.15, -0.1) is 0 Å². The summed E-state index contributed by atoms with van der Waals surface area (Å²) in [4.78, 5) is 0. The number of rotatable bonds is 4. The summed E-state index contributed by atoms with van der Waals surface area (Å²) in [5.74, 6) is 0.507. The molecule has 1 saturated heterocycles. The van der Waals surface area contributed by atoms with E-state index in [1.165, 1.54) is 0 Å². The van der Waals surface area contributed by atoms with Gasteiger partial charge in [0.2, 0.25) is 0 Å². The van der Waals surface area contributed by atoms with Gasteiger partial charge in [-0.2, -0.15) is 5.10 Å². The Labute approximate surface area is 112 Å². The van der Waals surface area contributed by atoms with E-state index in [-0.39, 0.29) is 17.5 Å². The molecule has 2 heterocycles. The quantitative estimate of drug-likeness (QED) is 0.896. The zero-order valence-electron chi connectivity index (χ0n) is 10.6. The molecule has 1 atom stereocenters. The fourth-order valence-electron chi connectivity index (χ4n) is 2.21. The summed E-state index contributed by atoms with van der Waals surface area (Å²) in [5.41, 5.74) is 1.80. The van der Waals surface area contributed by atoms with E-state index >= 15 is 0 Å². The molecular weight excluding hydrogens is 274 g/mol. The first-order valence-electron chi connectivity index (χ1n) is 6.07. The second kappa shape index (κ2) is 5.19. The van der Waals surface area contributed by atoms with E-state index in [9.17, 15) is 8.42 Å². The van der Waals surface area contributed by atoms with Gasteiger partial charge >= 0.3 is 0 Å². The highest BCUT2D eigenvalue weighted by Gasteiger charge is 2.27. The second-order valence-electron chi connectivity index (χ2n) is 4.67.